The maximum atomic E-state index is 5.17. The van der Waals surface area contributed by atoms with E-state index in [9.17, 15) is 0 Å². The van der Waals surface area contributed by atoms with Crippen molar-refractivity contribution in [2.75, 3.05) is 14.2 Å². The average molecular weight is 187 g/mol. The molecule has 0 amide bonds. The Balaban J connectivity index is 3.11. The van der Waals surface area contributed by atoms with Crippen LogP contribution in [0.3, 0.4) is 0 Å². The molecule has 0 aromatic carbocycles. The first-order chi connectivity index (χ1) is 5.85. The fourth-order valence-electron chi connectivity index (χ4n) is 1.02. The molecule has 3 heteroatoms. The lowest BCUT2D eigenvalue weighted by Crippen LogP contribution is -2.18. The van der Waals surface area contributed by atoms with E-state index in [0.29, 0.717) is 0 Å². The van der Waals surface area contributed by atoms with Crippen LogP contribution in [0.1, 0.15) is 25.7 Å². The van der Waals surface area contributed by atoms with Crippen molar-refractivity contribution in [2.24, 2.45) is 0 Å². The van der Waals surface area contributed by atoms with Crippen molar-refractivity contribution in [3.05, 3.63) is 12.7 Å². The topological polar surface area (TPSA) is 18.5 Å². The highest BCUT2D eigenvalue weighted by Crippen LogP contribution is 2.07. The number of allylic oxidation sites excluding steroid dienone is 1. The fourth-order valence-corrected chi connectivity index (χ4v) is 2.14. The Kier molecular flexibility index (Phi) is 8.88. The van der Waals surface area contributed by atoms with Gasteiger partial charge < -0.3 is 8.85 Å². The minimum Gasteiger partial charge on any atom is -0.397 e. The van der Waals surface area contributed by atoms with E-state index in [2.05, 4.69) is 6.58 Å². The van der Waals surface area contributed by atoms with Gasteiger partial charge in [0, 0.05) is 14.2 Å². The standard InChI is InChI=1S/C9H19O2Si/c1-4-5-6-7-8-9-12(10-2)11-3/h4H,1,5-9H2,2-3H3. The summed E-state index contributed by atoms with van der Waals surface area (Å²) in [4.78, 5) is 0. The Labute approximate surface area is 77.4 Å². The summed E-state index contributed by atoms with van der Waals surface area (Å²) in [7, 11) is 2.51. The molecule has 1 radical (unpaired) electrons. The normalized spacial score (nSPS) is 10.6. The van der Waals surface area contributed by atoms with E-state index >= 15 is 0 Å². The van der Waals surface area contributed by atoms with Crippen LogP contribution in [-0.2, 0) is 8.85 Å². The first-order valence-corrected chi connectivity index (χ1v) is 5.92. The van der Waals surface area contributed by atoms with Crippen LogP contribution >= 0.6 is 0 Å². The molecule has 12 heavy (non-hydrogen) atoms. The van der Waals surface area contributed by atoms with E-state index in [-0.39, 0.29) is 0 Å². The molecule has 0 aliphatic carbocycles. The zero-order valence-corrected chi connectivity index (χ0v) is 9.14. The molecule has 0 aromatic rings. The van der Waals surface area contributed by atoms with E-state index in [1.807, 2.05) is 6.08 Å². The first kappa shape index (κ1) is 11.9. The highest BCUT2D eigenvalue weighted by Gasteiger charge is 2.09. The predicted octanol–water partition coefficient (Wildman–Crippen LogP) is 2.51. The summed E-state index contributed by atoms with van der Waals surface area (Å²) >= 11 is 0. The maximum Gasteiger partial charge on any atom is 0.384 e. The van der Waals surface area contributed by atoms with Gasteiger partial charge in [0.25, 0.3) is 0 Å². The summed E-state index contributed by atoms with van der Waals surface area (Å²) in [5.41, 5.74) is 0. The van der Waals surface area contributed by atoms with Crippen molar-refractivity contribution < 1.29 is 8.85 Å². The molecule has 0 rings (SSSR count). The Hall–Kier alpha value is -0.123. The molecule has 0 heterocycles. The number of rotatable bonds is 8. The van der Waals surface area contributed by atoms with Crippen LogP contribution in [0.2, 0.25) is 6.04 Å². The van der Waals surface area contributed by atoms with Crippen molar-refractivity contribution >= 4 is 9.28 Å². The molecule has 0 atom stereocenters. The predicted molar refractivity (Wildman–Crippen MR) is 53.2 cm³/mol. The highest BCUT2D eigenvalue weighted by molar-refractivity contribution is 6.44. The summed E-state index contributed by atoms with van der Waals surface area (Å²) in [6.45, 7) is 3.68. The lowest BCUT2D eigenvalue weighted by atomic mass is 10.2. The van der Waals surface area contributed by atoms with E-state index < -0.39 is 9.28 Å². The van der Waals surface area contributed by atoms with E-state index in [1.54, 1.807) is 14.2 Å². The lowest BCUT2D eigenvalue weighted by Gasteiger charge is -2.07. The van der Waals surface area contributed by atoms with Crippen molar-refractivity contribution in [3.8, 4) is 0 Å². The molecule has 0 spiro atoms. The van der Waals surface area contributed by atoms with Crippen molar-refractivity contribution in [2.45, 2.75) is 31.7 Å². The number of hydrogen-bond acceptors (Lipinski definition) is 2. The molecule has 0 fully saturated rings. The maximum absolute atomic E-state index is 5.17. The molecule has 0 saturated carbocycles. The second-order valence-electron chi connectivity index (χ2n) is 2.67. The van der Waals surface area contributed by atoms with Gasteiger partial charge in [0.1, 0.15) is 0 Å². The first-order valence-electron chi connectivity index (χ1n) is 4.39. The van der Waals surface area contributed by atoms with Crippen molar-refractivity contribution in [1.29, 1.82) is 0 Å². The molecule has 0 aromatic heterocycles. The van der Waals surface area contributed by atoms with Gasteiger partial charge in [-0.1, -0.05) is 18.9 Å². The van der Waals surface area contributed by atoms with Crippen LogP contribution in [0.15, 0.2) is 12.7 Å². The number of hydrogen-bond donors (Lipinski definition) is 0. The van der Waals surface area contributed by atoms with Gasteiger partial charge in [-0.05, 0) is 18.9 Å². The summed E-state index contributed by atoms with van der Waals surface area (Å²) in [5, 5.41) is 0. The van der Waals surface area contributed by atoms with Crippen LogP contribution in [-0.4, -0.2) is 23.5 Å². The lowest BCUT2D eigenvalue weighted by molar-refractivity contribution is 0.276. The Morgan fingerprint density at radius 3 is 2.33 bits per heavy atom. The van der Waals surface area contributed by atoms with Gasteiger partial charge in [0.05, 0.1) is 0 Å². The highest BCUT2D eigenvalue weighted by atomic mass is 28.3. The number of unbranched alkanes of at least 4 members (excludes halogenated alkanes) is 3. The van der Waals surface area contributed by atoms with E-state index in [1.165, 1.54) is 19.3 Å². The molecule has 0 bridgehead atoms. The Morgan fingerprint density at radius 1 is 1.17 bits per heavy atom. The second-order valence-corrected chi connectivity index (χ2v) is 4.73. The minimum atomic E-state index is -0.936. The van der Waals surface area contributed by atoms with Gasteiger partial charge in [-0.3, -0.25) is 0 Å². The van der Waals surface area contributed by atoms with Gasteiger partial charge in [-0.2, -0.15) is 0 Å². The van der Waals surface area contributed by atoms with Crippen LogP contribution in [0.25, 0.3) is 0 Å². The summed E-state index contributed by atoms with van der Waals surface area (Å²) in [6.07, 6.45) is 6.81. The van der Waals surface area contributed by atoms with Crippen LogP contribution < -0.4 is 0 Å². The average Bonchev–Trinajstić information content (AvgIpc) is 2.11. The quantitative estimate of drug-likeness (QED) is 0.330. The summed E-state index contributed by atoms with van der Waals surface area (Å²) in [6, 6.07) is 1.09. The summed E-state index contributed by atoms with van der Waals surface area (Å²) in [5.74, 6) is 0. The zero-order chi connectivity index (χ0) is 9.23. The molecular weight excluding hydrogens is 168 g/mol. The van der Waals surface area contributed by atoms with Gasteiger partial charge in [0.15, 0.2) is 0 Å². The van der Waals surface area contributed by atoms with Gasteiger partial charge in [-0.25, -0.2) is 0 Å². The molecule has 0 N–H and O–H groups in total. The molecular formula is C9H19O2Si. The second kappa shape index (κ2) is 8.97. The summed E-state index contributed by atoms with van der Waals surface area (Å²) < 4.78 is 10.3. The fraction of sp³-hybridized carbons (Fsp3) is 0.778. The van der Waals surface area contributed by atoms with E-state index in [0.717, 1.165) is 12.5 Å². The van der Waals surface area contributed by atoms with Gasteiger partial charge in [-0.15, -0.1) is 6.58 Å². The third-order valence-corrected chi connectivity index (χ3v) is 3.42. The van der Waals surface area contributed by atoms with Crippen molar-refractivity contribution in [3.63, 3.8) is 0 Å². The van der Waals surface area contributed by atoms with Crippen LogP contribution in [0.5, 0.6) is 0 Å². The Bertz CT molecular complexity index is 103. The Morgan fingerprint density at radius 2 is 1.83 bits per heavy atom. The van der Waals surface area contributed by atoms with Gasteiger partial charge in [0.2, 0.25) is 0 Å². The molecule has 0 aliphatic heterocycles. The molecule has 0 unspecified atom stereocenters. The molecule has 0 aliphatic rings. The van der Waals surface area contributed by atoms with Gasteiger partial charge >= 0.3 is 9.28 Å². The molecule has 71 valence electrons. The van der Waals surface area contributed by atoms with Crippen LogP contribution in [0.4, 0.5) is 0 Å². The van der Waals surface area contributed by atoms with E-state index in [4.69, 9.17) is 8.85 Å². The smallest absolute Gasteiger partial charge is 0.384 e. The third kappa shape index (κ3) is 6.58. The van der Waals surface area contributed by atoms with Crippen molar-refractivity contribution in [1.82, 2.24) is 0 Å². The minimum absolute atomic E-state index is 0.936. The monoisotopic (exact) mass is 187 g/mol. The van der Waals surface area contributed by atoms with Crippen LogP contribution in [0, 0.1) is 0 Å². The third-order valence-electron chi connectivity index (χ3n) is 1.74. The molecule has 2 nitrogen and oxygen atoms in total. The zero-order valence-electron chi connectivity index (χ0n) is 8.14. The largest absolute Gasteiger partial charge is 0.397 e. The molecule has 0 saturated heterocycles. The SMILES string of the molecule is C=CCCCCC[Si](OC)OC.